The van der Waals surface area contributed by atoms with Crippen molar-refractivity contribution in [1.82, 2.24) is 5.32 Å². The third-order valence-electron chi connectivity index (χ3n) is 2.70. The van der Waals surface area contributed by atoms with Gasteiger partial charge < -0.3 is 19.9 Å². The fourth-order valence-electron chi connectivity index (χ4n) is 1.58. The number of ether oxygens (including phenoxy) is 2. The summed E-state index contributed by atoms with van der Waals surface area (Å²) < 4.78 is 10.5. The van der Waals surface area contributed by atoms with Crippen LogP contribution in [0.5, 0.6) is 11.5 Å². The number of benzene rings is 1. The summed E-state index contributed by atoms with van der Waals surface area (Å²) in [5.41, 5.74) is 1.08. The van der Waals surface area contributed by atoms with Crippen LogP contribution in [0.1, 0.15) is 18.9 Å². The van der Waals surface area contributed by atoms with Gasteiger partial charge in [0.1, 0.15) is 11.5 Å². The third-order valence-corrected chi connectivity index (χ3v) is 2.70. The first-order valence-electron chi connectivity index (χ1n) is 5.76. The van der Waals surface area contributed by atoms with E-state index in [0.717, 1.165) is 23.5 Å². The Balaban J connectivity index is 2.63. The van der Waals surface area contributed by atoms with E-state index < -0.39 is 0 Å². The standard InChI is InChI=1S/C13H21NO3/c1-10(6-7-15)14-9-11-4-5-12(16-2)8-13(11)17-3/h4-5,8,10,14-15H,6-7,9H2,1-3H3/t10-/m1/s1. The molecule has 0 fully saturated rings. The monoisotopic (exact) mass is 239 g/mol. The van der Waals surface area contributed by atoms with E-state index in [4.69, 9.17) is 14.6 Å². The van der Waals surface area contributed by atoms with Crippen molar-refractivity contribution in [2.45, 2.75) is 25.9 Å². The van der Waals surface area contributed by atoms with Gasteiger partial charge in [0.05, 0.1) is 14.2 Å². The van der Waals surface area contributed by atoms with Gasteiger partial charge in [0.2, 0.25) is 0 Å². The maximum absolute atomic E-state index is 8.82. The molecule has 0 amide bonds. The van der Waals surface area contributed by atoms with Crippen LogP contribution in [0.4, 0.5) is 0 Å². The third kappa shape index (κ3) is 4.24. The molecule has 0 aliphatic heterocycles. The smallest absolute Gasteiger partial charge is 0.127 e. The Morgan fingerprint density at radius 1 is 1.29 bits per heavy atom. The molecule has 0 saturated heterocycles. The van der Waals surface area contributed by atoms with Crippen LogP contribution >= 0.6 is 0 Å². The molecular weight excluding hydrogens is 218 g/mol. The second-order valence-electron chi connectivity index (χ2n) is 3.97. The predicted octanol–water partition coefficient (Wildman–Crippen LogP) is 1.56. The van der Waals surface area contributed by atoms with E-state index in [1.807, 2.05) is 25.1 Å². The number of nitrogens with one attached hydrogen (secondary N) is 1. The number of rotatable bonds is 7. The largest absolute Gasteiger partial charge is 0.497 e. The first-order chi connectivity index (χ1) is 8.21. The van der Waals surface area contributed by atoms with Crippen molar-refractivity contribution in [2.24, 2.45) is 0 Å². The molecule has 2 N–H and O–H groups in total. The van der Waals surface area contributed by atoms with E-state index >= 15 is 0 Å². The molecule has 1 aromatic rings. The first kappa shape index (κ1) is 13.8. The zero-order valence-corrected chi connectivity index (χ0v) is 10.7. The SMILES string of the molecule is COc1ccc(CN[C@H](C)CCO)c(OC)c1. The molecule has 0 spiro atoms. The van der Waals surface area contributed by atoms with Gasteiger partial charge in [-0.25, -0.2) is 0 Å². The molecule has 4 nitrogen and oxygen atoms in total. The van der Waals surface area contributed by atoms with Gasteiger partial charge in [-0.2, -0.15) is 0 Å². The minimum atomic E-state index is 0.202. The number of hydrogen-bond donors (Lipinski definition) is 2. The molecule has 0 saturated carbocycles. The molecule has 17 heavy (non-hydrogen) atoms. The van der Waals surface area contributed by atoms with Gasteiger partial charge >= 0.3 is 0 Å². The van der Waals surface area contributed by atoms with Crippen LogP contribution in [0.3, 0.4) is 0 Å². The second kappa shape index (κ2) is 7.14. The summed E-state index contributed by atoms with van der Waals surface area (Å²) in [4.78, 5) is 0. The van der Waals surface area contributed by atoms with Crippen molar-refractivity contribution in [3.05, 3.63) is 23.8 Å². The van der Waals surface area contributed by atoms with Gasteiger partial charge in [-0.05, 0) is 19.4 Å². The molecule has 0 bridgehead atoms. The molecule has 0 aliphatic carbocycles. The molecule has 96 valence electrons. The van der Waals surface area contributed by atoms with Gasteiger partial charge in [0.15, 0.2) is 0 Å². The average molecular weight is 239 g/mol. The number of methoxy groups -OCH3 is 2. The molecule has 1 aromatic carbocycles. The highest BCUT2D eigenvalue weighted by Gasteiger charge is 2.06. The van der Waals surface area contributed by atoms with E-state index in [-0.39, 0.29) is 12.6 Å². The zero-order chi connectivity index (χ0) is 12.7. The minimum absolute atomic E-state index is 0.202. The van der Waals surface area contributed by atoms with Crippen LogP contribution in [-0.2, 0) is 6.54 Å². The summed E-state index contributed by atoms with van der Waals surface area (Å²) >= 11 is 0. The molecule has 0 aromatic heterocycles. The average Bonchev–Trinajstić information content (AvgIpc) is 2.36. The van der Waals surface area contributed by atoms with Crippen LogP contribution in [-0.4, -0.2) is 32.0 Å². The summed E-state index contributed by atoms with van der Waals surface area (Å²) in [7, 11) is 3.28. The van der Waals surface area contributed by atoms with Crippen LogP contribution in [0.25, 0.3) is 0 Å². The lowest BCUT2D eigenvalue weighted by Gasteiger charge is -2.15. The van der Waals surface area contributed by atoms with Crippen molar-refractivity contribution in [3.63, 3.8) is 0 Å². The van der Waals surface area contributed by atoms with Crippen LogP contribution in [0.15, 0.2) is 18.2 Å². The minimum Gasteiger partial charge on any atom is -0.497 e. The highest BCUT2D eigenvalue weighted by atomic mass is 16.5. The Bertz CT molecular complexity index is 341. The normalized spacial score (nSPS) is 12.2. The Labute approximate surface area is 103 Å². The number of hydrogen-bond acceptors (Lipinski definition) is 4. The molecule has 1 rings (SSSR count). The van der Waals surface area contributed by atoms with Gasteiger partial charge in [-0.3, -0.25) is 0 Å². The summed E-state index contributed by atoms with van der Waals surface area (Å²) in [6, 6.07) is 6.05. The molecule has 0 aliphatic rings. The van der Waals surface area contributed by atoms with Gasteiger partial charge in [0, 0.05) is 30.8 Å². The van der Waals surface area contributed by atoms with Crippen molar-refractivity contribution >= 4 is 0 Å². The predicted molar refractivity (Wildman–Crippen MR) is 67.6 cm³/mol. The Hall–Kier alpha value is -1.26. The Kier molecular flexibility index (Phi) is 5.80. The Morgan fingerprint density at radius 3 is 2.65 bits per heavy atom. The van der Waals surface area contributed by atoms with E-state index in [2.05, 4.69) is 5.32 Å². The number of aliphatic hydroxyl groups excluding tert-OH is 1. The molecular formula is C13H21NO3. The van der Waals surface area contributed by atoms with E-state index in [1.54, 1.807) is 14.2 Å². The fraction of sp³-hybridized carbons (Fsp3) is 0.538. The zero-order valence-electron chi connectivity index (χ0n) is 10.7. The number of aliphatic hydroxyl groups is 1. The highest BCUT2D eigenvalue weighted by molar-refractivity contribution is 5.40. The van der Waals surface area contributed by atoms with Gasteiger partial charge in [0.25, 0.3) is 0 Å². The second-order valence-corrected chi connectivity index (χ2v) is 3.97. The maximum atomic E-state index is 8.82. The molecule has 1 atom stereocenters. The lowest BCUT2D eigenvalue weighted by molar-refractivity contribution is 0.268. The quantitative estimate of drug-likeness (QED) is 0.758. The topological polar surface area (TPSA) is 50.7 Å². The van der Waals surface area contributed by atoms with Crippen molar-refractivity contribution in [1.29, 1.82) is 0 Å². The summed E-state index contributed by atoms with van der Waals surface area (Å²) in [6.45, 7) is 2.97. The fourth-order valence-corrected chi connectivity index (χ4v) is 1.58. The van der Waals surface area contributed by atoms with Crippen LogP contribution in [0, 0.1) is 0 Å². The maximum Gasteiger partial charge on any atom is 0.127 e. The van der Waals surface area contributed by atoms with Gasteiger partial charge in [-0.1, -0.05) is 6.07 Å². The molecule has 0 radical (unpaired) electrons. The van der Waals surface area contributed by atoms with Gasteiger partial charge in [-0.15, -0.1) is 0 Å². The molecule has 0 unspecified atom stereocenters. The lowest BCUT2D eigenvalue weighted by atomic mass is 10.1. The summed E-state index contributed by atoms with van der Waals surface area (Å²) in [5.74, 6) is 1.60. The summed E-state index contributed by atoms with van der Waals surface area (Å²) in [6.07, 6.45) is 0.748. The summed E-state index contributed by atoms with van der Waals surface area (Å²) in [5, 5.41) is 12.2. The highest BCUT2D eigenvalue weighted by Crippen LogP contribution is 2.24. The van der Waals surface area contributed by atoms with E-state index in [9.17, 15) is 0 Å². The van der Waals surface area contributed by atoms with Crippen molar-refractivity contribution in [3.8, 4) is 11.5 Å². The van der Waals surface area contributed by atoms with Crippen LogP contribution < -0.4 is 14.8 Å². The van der Waals surface area contributed by atoms with Crippen molar-refractivity contribution < 1.29 is 14.6 Å². The van der Waals surface area contributed by atoms with E-state index in [0.29, 0.717) is 6.54 Å². The lowest BCUT2D eigenvalue weighted by Crippen LogP contribution is -2.26. The molecule has 0 heterocycles. The Morgan fingerprint density at radius 2 is 2.06 bits per heavy atom. The van der Waals surface area contributed by atoms with Crippen LogP contribution in [0.2, 0.25) is 0 Å². The van der Waals surface area contributed by atoms with Crippen molar-refractivity contribution in [2.75, 3.05) is 20.8 Å². The van der Waals surface area contributed by atoms with E-state index in [1.165, 1.54) is 0 Å². The molecule has 4 heteroatoms. The first-order valence-corrected chi connectivity index (χ1v) is 5.76.